The summed E-state index contributed by atoms with van der Waals surface area (Å²) in [5.74, 6) is 0.570. The molecule has 0 saturated carbocycles. The van der Waals surface area contributed by atoms with Crippen LogP contribution in [-0.2, 0) is 4.74 Å². The van der Waals surface area contributed by atoms with Gasteiger partial charge in [0, 0.05) is 12.5 Å². The molecule has 0 aliphatic rings. The SMILES string of the molecule is COC(C)CCC(Cl)C(C)C. The molecule has 0 rings (SSSR count). The number of hydrogen-bond acceptors (Lipinski definition) is 1. The summed E-state index contributed by atoms with van der Waals surface area (Å²) in [6.45, 7) is 6.37. The number of rotatable bonds is 5. The van der Waals surface area contributed by atoms with Gasteiger partial charge >= 0.3 is 0 Å². The fourth-order valence-corrected chi connectivity index (χ4v) is 0.971. The van der Waals surface area contributed by atoms with Crippen molar-refractivity contribution in [2.45, 2.75) is 45.1 Å². The number of methoxy groups -OCH3 is 1. The Morgan fingerprint density at radius 2 is 1.73 bits per heavy atom. The predicted molar refractivity (Wildman–Crippen MR) is 50.2 cm³/mol. The first-order valence-electron chi connectivity index (χ1n) is 4.24. The molecule has 0 fully saturated rings. The van der Waals surface area contributed by atoms with Crippen LogP contribution in [0.2, 0.25) is 0 Å². The fraction of sp³-hybridized carbons (Fsp3) is 1.00. The van der Waals surface area contributed by atoms with Gasteiger partial charge in [0.25, 0.3) is 0 Å². The van der Waals surface area contributed by atoms with Gasteiger partial charge in [-0.1, -0.05) is 13.8 Å². The minimum absolute atomic E-state index is 0.299. The molecule has 0 amide bonds. The topological polar surface area (TPSA) is 9.23 Å². The number of ether oxygens (including phenoxy) is 1. The zero-order valence-electron chi connectivity index (χ0n) is 7.93. The van der Waals surface area contributed by atoms with Gasteiger partial charge in [-0.25, -0.2) is 0 Å². The molecule has 2 unspecified atom stereocenters. The molecule has 0 aromatic heterocycles. The molecule has 0 aromatic rings. The molecule has 68 valence electrons. The zero-order chi connectivity index (χ0) is 8.85. The van der Waals surface area contributed by atoms with Gasteiger partial charge in [-0.3, -0.25) is 0 Å². The summed E-state index contributed by atoms with van der Waals surface area (Å²) in [5, 5.41) is 0.299. The molecular formula is C9H19ClO. The first kappa shape index (κ1) is 11.2. The lowest BCUT2D eigenvalue weighted by atomic mass is 10.0. The molecule has 0 saturated heterocycles. The van der Waals surface area contributed by atoms with Crippen LogP contribution in [0.15, 0.2) is 0 Å². The fourth-order valence-electron chi connectivity index (χ4n) is 0.845. The van der Waals surface area contributed by atoms with Crippen LogP contribution in [0.1, 0.15) is 33.6 Å². The smallest absolute Gasteiger partial charge is 0.0543 e. The van der Waals surface area contributed by atoms with E-state index in [2.05, 4.69) is 20.8 Å². The average molecular weight is 179 g/mol. The van der Waals surface area contributed by atoms with Crippen molar-refractivity contribution in [3.05, 3.63) is 0 Å². The standard InChI is InChI=1S/C9H19ClO/c1-7(2)9(10)6-5-8(3)11-4/h7-9H,5-6H2,1-4H3. The third kappa shape index (κ3) is 5.51. The molecule has 2 atom stereocenters. The lowest BCUT2D eigenvalue weighted by Gasteiger charge is -2.15. The summed E-state index contributed by atoms with van der Waals surface area (Å²) < 4.78 is 5.12. The highest BCUT2D eigenvalue weighted by Gasteiger charge is 2.10. The minimum atomic E-state index is 0.299. The third-order valence-corrected chi connectivity index (χ3v) is 2.70. The third-order valence-electron chi connectivity index (χ3n) is 1.97. The van der Waals surface area contributed by atoms with Gasteiger partial charge in [0.1, 0.15) is 0 Å². The van der Waals surface area contributed by atoms with Gasteiger partial charge in [-0.15, -0.1) is 11.6 Å². The predicted octanol–water partition coefficient (Wildman–Crippen LogP) is 3.06. The van der Waals surface area contributed by atoms with Crippen molar-refractivity contribution in [2.75, 3.05) is 7.11 Å². The van der Waals surface area contributed by atoms with E-state index in [1.807, 2.05) is 0 Å². The van der Waals surface area contributed by atoms with Crippen LogP contribution in [0, 0.1) is 5.92 Å². The van der Waals surface area contributed by atoms with Crippen molar-refractivity contribution in [1.29, 1.82) is 0 Å². The van der Waals surface area contributed by atoms with E-state index in [1.54, 1.807) is 7.11 Å². The average Bonchev–Trinajstić information content (AvgIpc) is 1.99. The zero-order valence-corrected chi connectivity index (χ0v) is 8.69. The quantitative estimate of drug-likeness (QED) is 0.588. The van der Waals surface area contributed by atoms with Gasteiger partial charge in [-0.05, 0) is 25.7 Å². The highest BCUT2D eigenvalue weighted by molar-refractivity contribution is 6.20. The normalized spacial score (nSPS) is 16.9. The summed E-state index contributed by atoms with van der Waals surface area (Å²) in [6, 6.07) is 0. The van der Waals surface area contributed by atoms with Gasteiger partial charge < -0.3 is 4.74 Å². The maximum atomic E-state index is 6.06. The maximum absolute atomic E-state index is 6.06. The van der Waals surface area contributed by atoms with E-state index in [1.165, 1.54) is 0 Å². The summed E-state index contributed by atoms with van der Waals surface area (Å²) in [6.07, 6.45) is 2.45. The van der Waals surface area contributed by atoms with Crippen LogP contribution < -0.4 is 0 Å². The van der Waals surface area contributed by atoms with E-state index in [-0.39, 0.29) is 0 Å². The van der Waals surface area contributed by atoms with E-state index < -0.39 is 0 Å². The van der Waals surface area contributed by atoms with Crippen LogP contribution in [0.25, 0.3) is 0 Å². The number of hydrogen-bond donors (Lipinski definition) is 0. The van der Waals surface area contributed by atoms with Gasteiger partial charge in [-0.2, -0.15) is 0 Å². The molecule has 0 spiro atoms. The van der Waals surface area contributed by atoms with Gasteiger partial charge in [0.05, 0.1) is 6.10 Å². The Kier molecular flexibility index (Phi) is 5.98. The molecule has 0 radical (unpaired) electrons. The van der Waals surface area contributed by atoms with Crippen LogP contribution in [0.5, 0.6) is 0 Å². The summed E-state index contributed by atoms with van der Waals surface area (Å²) in [4.78, 5) is 0. The van der Waals surface area contributed by atoms with E-state index in [0.717, 1.165) is 12.8 Å². The molecule has 2 heteroatoms. The first-order valence-corrected chi connectivity index (χ1v) is 4.68. The summed E-state index contributed by atoms with van der Waals surface area (Å²) in [5.41, 5.74) is 0. The van der Waals surface area contributed by atoms with E-state index in [9.17, 15) is 0 Å². The Hall–Kier alpha value is 0.250. The first-order chi connectivity index (χ1) is 5.07. The molecule has 0 bridgehead atoms. The van der Waals surface area contributed by atoms with Gasteiger partial charge in [0.15, 0.2) is 0 Å². The van der Waals surface area contributed by atoms with E-state index >= 15 is 0 Å². The van der Waals surface area contributed by atoms with Crippen molar-refractivity contribution < 1.29 is 4.74 Å². The molecule has 11 heavy (non-hydrogen) atoms. The van der Waals surface area contributed by atoms with Crippen molar-refractivity contribution in [1.82, 2.24) is 0 Å². The Balaban J connectivity index is 3.37. The summed E-state index contributed by atoms with van der Waals surface area (Å²) >= 11 is 6.06. The van der Waals surface area contributed by atoms with Crippen molar-refractivity contribution >= 4 is 11.6 Å². The van der Waals surface area contributed by atoms with Crippen LogP contribution in [-0.4, -0.2) is 18.6 Å². The highest BCUT2D eigenvalue weighted by Crippen LogP contribution is 2.16. The monoisotopic (exact) mass is 178 g/mol. The minimum Gasteiger partial charge on any atom is -0.382 e. The Morgan fingerprint density at radius 1 is 1.18 bits per heavy atom. The largest absolute Gasteiger partial charge is 0.382 e. The molecule has 0 heterocycles. The van der Waals surface area contributed by atoms with Crippen molar-refractivity contribution in [3.63, 3.8) is 0 Å². The van der Waals surface area contributed by atoms with Crippen LogP contribution in [0.3, 0.4) is 0 Å². The van der Waals surface area contributed by atoms with Crippen molar-refractivity contribution in [2.24, 2.45) is 5.92 Å². The molecular weight excluding hydrogens is 160 g/mol. The van der Waals surface area contributed by atoms with Crippen molar-refractivity contribution in [3.8, 4) is 0 Å². The Bertz CT molecular complexity index is 93.6. The molecule has 0 aliphatic heterocycles. The maximum Gasteiger partial charge on any atom is 0.0543 e. The molecule has 0 aliphatic carbocycles. The second-order valence-corrected chi connectivity index (χ2v) is 3.94. The number of halogens is 1. The summed E-state index contributed by atoms with van der Waals surface area (Å²) in [7, 11) is 1.74. The van der Waals surface area contributed by atoms with Crippen LogP contribution >= 0.6 is 11.6 Å². The molecule has 0 aromatic carbocycles. The second-order valence-electron chi connectivity index (χ2n) is 3.38. The Morgan fingerprint density at radius 3 is 2.09 bits per heavy atom. The van der Waals surface area contributed by atoms with Gasteiger partial charge in [0.2, 0.25) is 0 Å². The molecule has 0 N–H and O–H groups in total. The highest BCUT2D eigenvalue weighted by atomic mass is 35.5. The lowest BCUT2D eigenvalue weighted by Crippen LogP contribution is -2.12. The number of alkyl halides is 1. The van der Waals surface area contributed by atoms with E-state index in [0.29, 0.717) is 17.4 Å². The second kappa shape index (κ2) is 5.84. The molecule has 1 nitrogen and oxygen atoms in total. The Labute approximate surface area is 75.1 Å². The van der Waals surface area contributed by atoms with Crippen LogP contribution in [0.4, 0.5) is 0 Å². The lowest BCUT2D eigenvalue weighted by molar-refractivity contribution is 0.108. The van der Waals surface area contributed by atoms with E-state index in [4.69, 9.17) is 16.3 Å².